The van der Waals surface area contributed by atoms with Crippen molar-refractivity contribution in [2.24, 2.45) is 5.92 Å². The zero-order valence-electron chi connectivity index (χ0n) is 13.2. The number of imidazole rings is 1. The van der Waals surface area contributed by atoms with Crippen LogP contribution < -0.4 is 5.32 Å². The molecule has 0 radical (unpaired) electrons. The first-order valence-corrected chi connectivity index (χ1v) is 8.07. The van der Waals surface area contributed by atoms with Crippen molar-refractivity contribution in [2.45, 2.75) is 43.6 Å². The van der Waals surface area contributed by atoms with Gasteiger partial charge in [0.05, 0.1) is 23.0 Å². The van der Waals surface area contributed by atoms with Gasteiger partial charge in [-0.1, -0.05) is 31.7 Å². The van der Waals surface area contributed by atoms with Gasteiger partial charge in [0.1, 0.15) is 5.54 Å². The van der Waals surface area contributed by atoms with E-state index < -0.39 is 5.54 Å². The Bertz CT molecular complexity index is 718. The highest BCUT2D eigenvalue weighted by molar-refractivity contribution is 8.00. The summed E-state index contributed by atoms with van der Waals surface area (Å²) in [6.07, 6.45) is 3.70. The first-order chi connectivity index (χ1) is 10.4. The monoisotopic (exact) mass is 316 g/mol. The minimum atomic E-state index is -0.861. The third-order valence-corrected chi connectivity index (χ3v) is 4.91. The number of aromatic nitrogens is 2. The highest BCUT2D eigenvalue weighted by Crippen LogP contribution is 2.24. The maximum atomic E-state index is 12.4. The van der Waals surface area contributed by atoms with Crippen LogP contribution in [0, 0.1) is 17.2 Å². The minimum absolute atomic E-state index is 0.0332. The van der Waals surface area contributed by atoms with E-state index in [1.54, 1.807) is 13.1 Å². The van der Waals surface area contributed by atoms with Crippen molar-refractivity contribution in [1.29, 1.82) is 5.26 Å². The number of fused-ring (bicyclic) bond motifs is 1. The number of pyridine rings is 1. The van der Waals surface area contributed by atoms with Gasteiger partial charge in [0.25, 0.3) is 0 Å². The molecule has 2 unspecified atom stereocenters. The number of hydrogen-bond acceptors (Lipinski definition) is 4. The van der Waals surface area contributed by atoms with E-state index in [1.807, 2.05) is 49.6 Å². The van der Waals surface area contributed by atoms with Gasteiger partial charge in [-0.3, -0.25) is 9.20 Å². The molecule has 0 aliphatic rings. The van der Waals surface area contributed by atoms with Crippen LogP contribution >= 0.6 is 11.8 Å². The average molecular weight is 316 g/mol. The number of thioether (sulfide) groups is 1. The molecule has 6 heteroatoms. The number of amides is 1. The van der Waals surface area contributed by atoms with Crippen molar-refractivity contribution in [2.75, 3.05) is 0 Å². The van der Waals surface area contributed by atoms with E-state index in [1.165, 1.54) is 11.8 Å². The molecule has 0 spiro atoms. The fourth-order valence-electron chi connectivity index (χ4n) is 1.88. The molecule has 22 heavy (non-hydrogen) atoms. The van der Waals surface area contributed by atoms with E-state index in [4.69, 9.17) is 0 Å². The number of hydrogen-bond donors (Lipinski definition) is 1. The Morgan fingerprint density at radius 1 is 1.45 bits per heavy atom. The standard InChI is InChI=1S/C16H20N4OS/c1-11(2)16(4,10-17)19-14(21)12(3)22-15-18-9-13-7-5-6-8-20(13)15/h5-9,11-12H,1-4H3,(H,19,21). The third kappa shape index (κ3) is 3.25. The molecule has 0 saturated carbocycles. The van der Waals surface area contributed by atoms with E-state index in [0.29, 0.717) is 0 Å². The van der Waals surface area contributed by atoms with Gasteiger partial charge in [0, 0.05) is 6.20 Å². The van der Waals surface area contributed by atoms with Crippen LogP contribution in [0.25, 0.3) is 5.52 Å². The Morgan fingerprint density at radius 2 is 2.18 bits per heavy atom. The molecule has 116 valence electrons. The Hall–Kier alpha value is -2.00. The molecule has 0 fully saturated rings. The van der Waals surface area contributed by atoms with Gasteiger partial charge in [-0.05, 0) is 31.9 Å². The topological polar surface area (TPSA) is 70.2 Å². The predicted octanol–water partition coefficient (Wildman–Crippen LogP) is 2.87. The van der Waals surface area contributed by atoms with Crippen LogP contribution in [0.4, 0.5) is 0 Å². The van der Waals surface area contributed by atoms with Gasteiger partial charge in [-0.25, -0.2) is 4.98 Å². The molecule has 2 rings (SSSR count). The van der Waals surface area contributed by atoms with Gasteiger partial charge < -0.3 is 5.32 Å². The Balaban J connectivity index is 2.11. The molecule has 0 aromatic carbocycles. The Morgan fingerprint density at radius 3 is 2.82 bits per heavy atom. The largest absolute Gasteiger partial charge is 0.337 e. The second-order valence-corrected chi connectivity index (χ2v) is 7.06. The molecule has 0 bridgehead atoms. The molecule has 2 atom stereocenters. The average Bonchev–Trinajstić information content (AvgIpc) is 2.90. The summed E-state index contributed by atoms with van der Waals surface area (Å²) in [7, 11) is 0. The smallest absolute Gasteiger partial charge is 0.234 e. The lowest BCUT2D eigenvalue weighted by Gasteiger charge is -2.28. The van der Waals surface area contributed by atoms with E-state index in [2.05, 4.69) is 16.4 Å². The Kier molecular flexibility index (Phi) is 4.77. The number of nitrogens with one attached hydrogen (secondary N) is 1. The van der Waals surface area contributed by atoms with Crippen LogP contribution in [0.15, 0.2) is 35.7 Å². The number of rotatable bonds is 5. The first kappa shape index (κ1) is 16.4. The zero-order chi connectivity index (χ0) is 16.3. The van der Waals surface area contributed by atoms with Crippen molar-refractivity contribution in [3.05, 3.63) is 30.6 Å². The Labute approximate surface area is 134 Å². The third-order valence-electron chi connectivity index (χ3n) is 3.83. The SMILES string of the molecule is CC(Sc1ncc2ccccn12)C(=O)NC(C)(C#N)C(C)C. The molecule has 0 aliphatic heterocycles. The van der Waals surface area contributed by atoms with E-state index >= 15 is 0 Å². The number of nitrogens with zero attached hydrogens (tertiary/aromatic N) is 3. The number of carbonyl (C=O) groups excluding carboxylic acids is 1. The van der Waals surface area contributed by atoms with Crippen molar-refractivity contribution in [3.8, 4) is 6.07 Å². The van der Waals surface area contributed by atoms with Crippen LogP contribution in [0.2, 0.25) is 0 Å². The summed E-state index contributed by atoms with van der Waals surface area (Å²) in [5.41, 5.74) is 0.127. The van der Waals surface area contributed by atoms with Crippen LogP contribution in [-0.2, 0) is 4.79 Å². The van der Waals surface area contributed by atoms with E-state index in [9.17, 15) is 10.1 Å². The van der Waals surface area contributed by atoms with Gasteiger partial charge in [-0.15, -0.1) is 0 Å². The second kappa shape index (κ2) is 6.41. The summed E-state index contributed by atoms with van der Waals surface area (Å²) in [6.45, 7) is 7.41. The van der Waals surface area contributed by atoms with Crippen LogP contribution in [0.1, 0.15) is 27.7 Å². The van der Waals surface area contributed by atoms with E-state index in [0.717, 1.165) is 10.7 Å². The van der Waals surface area contributed by atoms with Crippen LogP contribution in [0.3, 0.4) is 0 Å². The summed E-state index contributed by atoms with van der Waals surface area (Å²) < 4.78 is 1.94. The van der Waals surface area contributed by atoms with Crippen LogP contribution in [-0.4, -0.2) is 26.1 Å². The lowest BCUT2D eigenvalue weighted by Crippen LogP contribution is -2.51. The summed E-state index contributed by atoms with van der Waals surface area (Å²) >= 11 is 1.38. The molecule has 1 N–H and O–H groups in total. The summed E-state index contributed by atoms with van der Waals surface area (Å²) in [5.74, 6) is -0.124. The second-order valence-electron chi connectivity index (χ2n) is 5.75. The molecule has 2 heterocycles. The number of nitriles is 1. The summed E-state index contributed by atoms with van der Waals surface area (Å²) in [5, 5.41) is 12.6. The lowest BCUT2D eigenvalue weighted by molar-refractivity contribution is -0.121. The quantitative estimate of drug-likeness (QED) is 0.861. The fraction of sp³-hybridized carbons (Fsp3) is 0.438. The van der Waals surface area contributed by atoms with Crippen molar-refractivity contribution < 1.29 is 4.79 Å². The van der Waals surface area contributed by atoms with Crippen molar-refractivity contribution >= 4 is 23.2 Å². The zero-order valence-corrected chi connectivity index (χ0v) is 14.0. The van der Waals surface area contributed by atoms with Crippen molar-refractivity contribution in [3.63, 3.8) is 0 Å². The minimum Gasteiger partial charge on any atom is -0.337 e. The molecule has 2 aromatic heterocycles. The van der Waals surface area contributed by atoms with Gasteiger partial charge in [0.2, 0.25) is 5.91 Å². The van der Waals surface area contributed by atoms with Crippen LogP contribution in [0.5, 0.6) is 0 Å². The first-order valence-electron chi connectivity index (χ1n) is 7.19. The van der Waals surface area contributed by atoms with Gasteiger partial charge >= 0.3 is 0 Å². The molecular weight excluding hydrogens is 296 g/mol. The molecule has 2 aromatic rings. The van der Waals surface area contributed by atoms with E-state index in [-0.39, 0.29) is 17.1 Å². The maximum Gasteiger partial charge on any atom is 0.234 e. The summed E-state index contributed by atoms with van der Waals surface area (Å²) in [6, 6.07) is 8.03. The molecule has 5 nitrogen and oxygen atoms in total. The van der Waals surface area contributed by atoms with Crippen molar-refractivity contribution in [1.82, 2.24) is 14.7 Å². The predicted molar refractivity (Wildman–Crippen MR) is 87.5 cm³/mol. The molecule has 0 aliphatic carbocycles. The highest BCUT2D eigenvalue weighted by atomic mass is 32.2. The molecular formula is C16H20N4OS. The van der Waals surface area contributed by atoms with Gasteiger partial charge in [-0.2, -0.15) is 5.26 Å². The van der Waals surface area contributed by atoms with Gasteiger partial charge in [0.15, 0.2) is 5.16 Å². The number of carbonyl (C=O) groups is 1. The molecule has 0 saturated heterocycles. The lowest BCUT2D eigenvalue weighted by atomic mass is 9.90. The fourth-order valence-corrected chi connectivity index (χ4v) is 2.75. The maximum absolute atomic E-state index is 12.4. The summed E-state index contributed by atoms with van der Waals surface area (Å²) in [4.78, 5) is 16.7. The normalized spacial score (nSPS) is 15.3. The molecule has 1 amide bonds. The highest BCUT2D eigenvalue weighted by Gasteiger charge is 2.32.